The quantitative estimate of drug-likeness (QED) is 0.438. The summed E-state index contributed by atoms with van der Waals surface area (Å²) in [7, 11) is 1.44. The minimum Gasteiger partial charge on any atom is -0.480 e. The van der Waals surface area contributed by atoms with Crippen LogP contribution in [0.25, 0.3) is 21.5 Å². The van der Waals surface area contributed by atoms with E-state index in [2.05, 4.69) is 11.4 Å². The van der Waals surface area contributed by atoms with Crippen LogP contribution in [0.2, 0.25) is 0 Å². The molecule has 0 heterocycles. The molecule has 0 spiro atoms. The number of carboxylic acids is 1. The van der Waals surface area contributed by atoms with Crippen molar-refractivity contribution in [3.63, 3.8) is 0 Å². The van der Waals surface area contributed by atoms with Gasteiger partial charge in [0.15, 0.2) is 6.10 Å². The number of ether oxygens (including phenoxy) is 1. The first-order valence-corrected chi connectivity index (χ1v) is 10.1. The summed E-state index contributed by atoms with van der Waals surface area (Å²) in [6.07, 6.45) is -0.721. The molecular weight excluding hydrogens is 390 g/mol. The van der Waals surface area contributed by atoms with Crippen molar-refractivity contribution < 1.29 is 19.4 Å². The van der Waals surface area contributed by atoms with E-state index in [4.69, 9.17) is 4.74 Å². The second-order valence-electron chi connectivity index (χ2n) is 7.43. The van der Waals surface area contributed by atoms with Crippen molar-refractivity contribution >= 4 is 33.4 Å². The second kappa shape index (κ2) is 8.98. The summed E-state index contributed by atoms with van der Waals surface area (Å²) >= 11 is 0. The molecule has 2 atom stereocenters. The smallest absolute Gasteiger partial charge is 0.326 e. The summed E-state index contributed by atoms with van der Waals surface area (Å²) in [5.74, 6) is -1.57. The van der Waals surface area contributed by atoms with Gasteiger partial charge in [-0.3, -0.25) is 4.79 Å². The first kappa shape index (κ1) is 20.6. The molecule has 0 unspecified atom stereocenters. The van der Waals surface area contributed by atoms with Crippen LogP contribution in [0.5, 0.6) is 0 Å². The molecule has 0 saturated carbocycles. The Kier molecular flexibility index (Phi) is 5.96. The summed E-state index contributed by atoms with van der Waals surface area (Å²) in [6, 6.07) is 25.8. The number of hydrogen-bond acceptors (Lipinski definition) is 3. The molecule has 0 aliphatic carbocycles. The fraction of sp³-hybridized carbons (Fsp3) is 0.154. The van der Waals surface area contributed by atoms with Gasteiger partial charge in [0.25, 0.3) is 5.91 Å². The predicted octanol–water partition coefficient (Wildman–Crippen LogP) is 4.49. The van der Waals surface area contributed by atoms with Crippen LogP contribution >= 0.6 is 0 Å². The van der Waals surface area contributed by atoms with Crippen LogP contribution in [0.4, 0.5) is 0 Å². The zero-order valence-corrected chi connectivity index (χ0v) is 17.1. The number of benzene rings is 4. The molecule has 4 aromatic rings. The minimum atomic E-state index is -1.09. The van der Waals surface area contributed by atoms with E-state index in [1.54, 1.807) is 12.1 Å². The maximum atomic E-state index is 12.9. The maximum absolute atomic E-state index is 12.9. The number of amides is 1. The third-order valence-corrected chi connectivity index (χ3v) is 5.48. The molecule has 0 saturated heterocycles. The highest BCUT2D eigenvalue weighted by molar-refractivity contribution is 6.02. The average molecular weight is 413 g/mol. The third kappa shape index (κ3) is 4.27. The zero-order chi connectivity index (χ0) is 21.8. The SMILES string of the molecule is CO[C@@H](C(=O)N[C@H](Cc1c2ccccc2cc2ccccc12)C(=O)O)c1ccccc1. The number of nitrogens with one attached hydrogen (secondary N) is 1. The zero-order valence-electron chi connectivity index (χ0n) is 17.1. The molecule has 0 aliphatic rings. The topological polar surface area (TPSA) is 75.6 Å². The van der Waals surface area contributed by atoms with Gasteiger partial charge in [0.1, 0.15) is 6.04 Å². The van der Waals surface area contributed by atoms with Crippen LogP contribution < -0.4 is 5.32 Å². The Bertz CT molecular complexity index is 1180. The van der Waals surface area contributed by atoms with E-state index in [9.17, 15) is 14.7 Å². The summed E-state index contributed by atoms with van der Waals surface area (Å²) in [5.41, 5.74) is 1.57. The van der Waals surface area contributed by atoms with E-state index in [1.165, 1.54) is 7.11 Å². The monoisotopic (exact) mass is 413 g/mol. The molecule has 31 heavy (non-hydrogen) atoms. The fourth-order valence-corrected chi connectivity index (χ4v) is 4.00. The number of carbonyl (C=O) groups excluding carboxylic acids is 1. The molecule has 4 rings (SSSR count). The Balaban J connectivity index is 1.69. The first-order valence-electron chi connectivity index (χ1n) is 10.1. The number of aliphatic carboxylic acids is 1. The number of carbonyl (C=O) groups is 2. The largest absolute Gasteiger partial charge is 0.480 e. The van der Waals surface area contributed by atoms with Crippen molar-refractivity contribution in [1.29, 1.82) is 0 Å². The number of carboxylic acid groups (broad SMARTS) is 1. The molecule has 1 amide bonds. The second-order valence-corrected chi connectivity index (χ2v) is 7.43. The Morgan fingerprint density at radius 3 is 1.97 bits per heavy atom. The van der Waals surface area contributed by atoms with Crippen molar-refractivity contribution in [2.45, 2.75) is 18.6 Å². The number of methoxy groups -OCH3 is 1. The van der Waals surface area contributed by atoms with Gasteiger partial charge in [0, 0.05) is 13.5 Å². The first-order chi connectivity index (χ1) is 15.1. The minimum absolute atomic E-state index is 0.161. The van der Waals surface area contributed by atoms with Gasteiger partial charge in [-0.1, -0.05) is 78.9 Å². The van der Waals surface area contributed by atoms with Gasteiger partial charge in [0.2, 0.25) is 0 Å². The Morgan fingerprint density at radius 2 is 1.42 bits per heavy atom. The summed E-state index contributed by atoms with van der Waals surface area (Å²) in [5, 5.41) is 16.6. The highest BCUT2D eigenvalue weighted by Gasteiger charge is 2.27. The fourth-order valence-electron chi connectivity index (χ4n) is 4.00. The van der Waals surface area contributed by atoms with E-state index in [-0.39, 0.29) is 6.42 Å². The van der Waals surface area contributed by atoms with E-state index < -0.39 is 24.0 Å². The summed E-state index contributed by atoms with van der Waals surface area (Å²) in [6.45, 7) is 0. The standard InChI is InChI=1S/C26H23NO4/c1-31-24(17-9-3-2-4-10-17)25(28)27-23(26(29)30)16-22-20-13-7-5-11-18(20)15-19-12-6-8-14-21(19)22/h2-15,23-24H,16H2,1H3,(H,27,28)(H,29,30)/t23-,24-/m1/s1. The van der Waals surface area contributed by atoms with Crippen molar-refractivity contribution in [1.82, 2.24) is 5.32 Å². The molecule has 0 radical (unpaired) electrons. The molecule has 0 bridgehead atoms. The van der Waals surface area contributed by atoms with Gasteiger partial charge in [-0.25, -0.2) is 4.79 Å². The third-order valence-electron chi connectivity index (χ3n) is 5.48. The molecule has 0 aliphatic heterocycles. The predicted molar refractivity (Wildman–Crippen MR) is 121 cm³/mol. The molecule has 2 N–H and O–H groups in total. The van der Waals surface area contributed by atoms with Gasteiger partial charge >= 0.3 is 5.97 Å². The Labute approximate surface area is 180 Å². The molecule has 0 fully saturated rings. The highest BCUT2D eigenvalue weighted by atomic mass is 16.5. The van der Waals surface area contributed by atoms with Gasteiger partial charge in [0.05, 0.1) is 0 Å². The molecule has 0 aromatic heterocycles. The van der Waals surface area contributed by atoms with Crippen LogP contribution in [0.1, 0.15) is 17.2 Å². The molecule has 4 aromatic carbocycles. The lowest BCUT2D eigenvalue weighted by atomic mass is 9.92. The van der Waals surface area contributed by atoms with Crippen molar-refractivity contribution in [2.24, 2.45) is 0 Å². The molecular formula is C26H23NO4. The van der Waals surface area contributed by atoms with E-state index in [0.717, 1.165) is 27.1 Å². The molecule has 5 heteroatoms. The van der Waals surface area contributed by atoms with E-state index in [1.807, 2.05) is 66.7 Å². The van der Waals surface area contributed by atoms with Crippen LogP contribution in [-0.4, -0.2) is 30.1 Å². The normalized spacial score (nSPS) is 13.1. The Hall–Kier alpha value is -3.70. The lowest BCUT2D eigenvalue weighted by Crippen LogP contribution is -2.44. The number of hydrogen-bond donors (Lipinski definition) is 2. The van der Waals surface area contributed by atoms with Crippen molar-refractivity contribution in [2.75, 3.05) is 7.11 Å². The number of fused-ring (bicyclic) bond motifs is 2. The van der Waals surface area contributed by atoms with Crippen molar-refractivity contribution in [3.05, 3.63) is 96.1 Å². The summed E-state index contributed by atoms with van der Waals surface area (Å²) in [4.78, 5) is 25.0. The van der Waals surface area contributed by atoms with E-state index in [0.29, 0.717) is 5.56 Å². The highest BCUT2D eigenvalue weighted by Crippen LogP contribution is 2.29. The van der Waals surface area contributed by atoms with Gasteiger partial charge < -0.3 is 15.2 Å². The lowest BCUT2D eigenvalue weighted by molar-refractivity contribution is -0.144. The lowest BCUT2D eigenvalue weighted by Gasteiger charge is -2.21. The maximum Gasteiger partial charge on any atom is 0.326 e. The van der Waals surface area contributed by atoms with E-state index >= 15 is 0 Å². The average Bonchev–Trinajstić information content (AvgIpc) is 2.79. The summed E-state index contributed by atoms with van der Waals surface area (Å²) < 4.78 is 5.36. The van der Waals surface area contributed by atoms with Crippen LogP contribution in [0.15, 0.2) is 84.9 Å². The number of rotatable bonds is 7. The van der Waals surface area contributed by atoms with Crippen molar-refractivity contribution in [3.8, 4) is 0 Å². The Morgan fingerprint density at radius 1 is 0.871 bits per heavy atom. The van der Waals surface area contributed by atoms with Gasteiger partial charge in [-0.15, -0.1) is 0 Å². The molecule has 156 valence electrons. The van der Waals surface area contributed by atoms with Gasteiger partial charge in [-0.05, 0) is 38.7 Å². The molecule has 5 nitrogen and oxygen atoms in total. The van der Waals surface area contributed by atoms with Crippen LogP contribution in [0.3, 0.4) is 0 Å². The van der Waals surface area contributed by atoms with Gasteiger partial charge in [-0.2, -0.15) is 0 Å². The van der Waals surface area contributed by atoms with Crippen LogP contribution in [0, 0.1) is 0 Å². The van der Waals surface area contributed by atoms with Crippen LogP contribution in [-0.2, 0) is 20.7 Å².